The summed E-state index contributed by atoms with van der Waals surface area (Å²) in [5.41, 5.74) is -0.813. The van der Waals surface area contributed by atoms with Crippen molar-refractivity contribution < 1.29 is 10.0 Å². The van der Waals surface area contributed by atoms with Crippen LogP contribution in [0.2, 0.25) is 0 Å². The molecule has 1 aromatic heterocycles. The average Bonchev–Trinajstić information content (AvgIpc) is 2.50. The predicted molar refractivity (Wildman–Crippen MR) is 81.5 cm³/mol. The van der Waals surface area contributed by atoms with E-state index >= 15 is 0 Å². The molecule has 0 radical (unpaired) electrons. The van der Waals surface area contributed by atoms with Gasteiger partial charge < -0.3 is 15.7 Å². The highest BCUT2D eigenvalue weighted by atomic mass is 16.6. The summed E-state index contributed by atoms with van der Waals surface area (Å²) >= 11 is 0. The van der Waals surface area contributed by atoms with E-state index in [4.69, 9.17) is 0 Å². The van der Waals surface area contributed by atoms with Gasteiger partial charge in [0.05, 0.1) is 17.1 Å². The Bertz CT molecular complexity index is 469. The van der Waals surface area contributed by atoms with Crippen molar-refractivity contribution in [2.24, 2.45) is 0 Å². The Kier molecular flexibility index (Phi) is 6.29. The van der Waals surface area contributed by atoms with Gasteiger partial charge in [-0.15, -0.1) is 0 Å². The van der Waals surface area contributed by atoms with E-state index in [-0.39, 0.29) is 23.9 Å². The van der Waals surface area contributed by atoms with Crippen molar-refractivity contribution in [2.45, 2.75) is 45.6 Å². The summed E-state index contributed by atoms with van der Waals surface area (Å²) in [5.74, 6) is 0.324. The first-order valence-electron chi connectivity index (χ1n) is 7.15. The summed E-state index contributed by atoms with van der Waals surface area (Å²) in [6.45, 7) is 6.25. The highest BCUT2D eigenvalue weighted by molar-refractivity contribution is 5.69. The van der Waals surface area contributed by atoms with Gasteiger partial charge >= 0.3 is 5.69 Å². The minimum atomic E-state index is -0.624. The Balaban J connectivity index is 3.19. The molecule has 0 amide bonds. The summed E-state index contributed by atoms with van der Waals surface area (Å²) in [7, 11) is 0. The fourth-order valence-electron chi connectivity index (χ4n) is 1.96. The molecule has 8 nitrogen and oxygen atoms in total. The third kappa shape index (κ3) is 4.01. The second kappa shape index (κ2) is 7.72. The quantitative estimate of drug-likeness (QED) is 0.473. The van der Waals surface area contributed by atoms with Crippen molar-refractivity contribution in [3.8, 4) is 0 Å². The lowest BCUT2D eigenvalue weighted by molar-refractivity contribution is -0.383. The summed E-state index contributed by atoms with van der Waals surface area (Å²) < 4.78 is 0. The molecule has 0 saturated heterocycles. The Morgan fingerprint density at radius 1 is 1.29 bits per heavy atom. The van der Waals surface area contributed by atoms with Crippen molar-refractivity contribution in [2.75, 3.05) is 23.8 Å². The summed E-state index contributed by atoms with van der Waals surface area (Å²) in [6, 6.07) is 0. The van der Waals surface area contributed by atoms with E-state index in [1.807, 2.05) is 20.8 Å². The molecule has 0 aromatic carbocycles. The number of nitrogens with one attached hydrogen (secondary N) is 2. The highest BCUT2D eigenvalue weighted by Crippen LogP contribution is 2.32. The molecule has 1 aromatic rings. The molecule has 0 fully saturated rings. The molecular weight excluding hydrogens is 274 g/mol. The van der Waals surface area contributed by atoms with Crippen molar-refractivity contribution in [1.29, 1.82) is 0 Å². The maximum absolute atomic E-state index is 11.3. The van der Waals surface area contributed by atoms with Gasteiger partial charge in [-0.1, -0.05) is 20.8 Å². The van der Waals surface area contributed by atoms with Gasteiger partial charge in [-0.05, 0) is 19.3 Å². The van der Waals surface area contributed by atoms with Gasteiger partial charge in [-0.2, -0.15) is 0 Å². The standard InChI is InChI=1S/C13H23N5O3/c1-4-7-14-11-10(18(20)21)12(16-9-15-11)17-13(5-2,6-3)8-19/h9,19H,4-8H2,1-3H3,(H2,14,15,16,17). The molecule has 0 aliphatic heterocycles. The molecule has 0 spiro atoms. The second-order valence-corrected chi connectivity index (χ2v) is 4.87. The zero-order valence-electron chi connectivity index (χ0n) is 12.7. The lowest BCUT2D eigenvalue weighted by atomic mass is 9.94. The van der Waals surface area contributed by atoms with Gasteiger partial charge in [-0.25, -0.2) is 9.97 Å². The Morgan fingerprint density at radius 3 is 2.38 bits per heavy atom. The molecule has 0 atom stereocenters. The van der Waals surface area contributed by atoms with Crippen LogP contribution in [0.25, 0.3) is 0 Å². The number of hydrogen-bond acceptors (Lipinski definition) is 7. The third-order valence-electron chi connectivity index (χ3n) is 3.59. The molecule has 118 valence electrons. The maximum atomic E-state index is 11.3. The van der Waals surface area contributed by atoms with Gasteiger partial charge in [0.15, 0.2) is 0 Å². The minimum Gasteiger partial charge on any atom is -0.394 e. The number of anilines is 2. The molecule has 8 heteroatoms. The second-order valence-electron chi connectivity index (χ2n) is 4.87. The fraction of sp³-hybridized carbons (Fsp3) is 0.692. The Labute approximate surface area is 124 Å². The normalized spacial score (nSPS) is 11.2. The molecule has 0 aliphatic rings. The van der Waals surface area contributed by atoms with E-state index < -0.39 is 10.5 Å². The van der Waals surface area contributed by atoms with E-state index in [0.717, 1.165) is 6.42 Å². The van der Waals surface area contributed by atoms with Crippen molar-refractivity contribution in [3.05, 3.63) is 16.4 Å². The number of rotatable bonds is 9. The van der Waals surface area contributed by atoms with E-state index in [1.165, 1.54) is 6.33 Å². The molecule has 3 N–H and O–H groups in total. The zero-order valence-corrected chi connectivity index (χ0v) is 12.7. The summed E-state index contributed by atoms with van der Waals surface area (Å²) in [5, 5.41) is 26.9. The van der Waals surface area contributed by atoms with Crippen LogP contribution >= 0.6 is 0 Å². The Morgan fingerprint density at radius 2 is 1.90 bits per heavy atom. The van der Waals surface area contributed by atoms with E-state index in [1.54, 1.807) is 0 Å². The number of hydrogen-bond donors (Lipinski definition) is 3. The van der Waals surface area contributed by atoms with Crippen LogP contribution in [0.15, 0.2) is 6.33 Å². The monoisotopic (exact) mass is 297 g/mol. The molecule has 0 unspecified atom stereocenters. The minimum absolute atomic E-state index is 0.126. The van der Waals surface area contributed by atoms with E-state index in [0.29, 0.717) is 19.4 Å². The van der Waals surface area contributed by atoms with Crippen LogP contribution in [0.4, 0.5) is 17.3 Å². The van der Waals surface area contributed by atoms with E-state index in [2.05, 4.69) is 20.6 Å². The van der Waals surface area contributed by atoms with Gasteiger partial charge in [0.25, 0.3) is 0 Å². The molecule has 0 aliphatic carbocycles. The SMILES string of the molecule is CCCNc1ncnc(NC(CC)(CC)CO)c1[N+](=O)[O-]. The first kappa shape index (κ1) is 17.1. The van der Waals surface area contributed by atoms with Crippen molar-refractivity contribution >= 4 is 17.3 Å². The summed E-state index contributed by atoms with van der Waals surface area (Å²) in [6.07, 6.45) is 3.35. The van der Waals surface area contributed by atoms with E-state index in [9.17, 15) is 15.2 Å². The number of nitrogens with zero attached hydrogens (tertiary/aromatic N) is 3. The fourth-order valence-corrected chi connectivity index (χ4v) is 1.96. The molecule has 0 bridgehead atoms. The van der Waals surface area contributed by atoms with Gasteiger partial charge in [0, 0.05) is 6.54 Å². The topological polar surface area (TPSA) is 113 Å². The first-order chi connectivity index (χ1) is 10.0. The molecule has 1 heterocycles. The predicted octanol–water partition coefficient (Wildman–Crippen LogP) is 2.17. The lowest BCUT2D eigenvalue weighted by Gasteiger charge is -2.31. The highest BCUT2D eigenvalue weighted by Gasteiger charge is 2.31. The molecule has 1 rings (SSSR count). The first-order valence-corrected chi connectivity index (χ1v) is 7.15. The number of aliphatic hydroxyl groups excluding tert-OH is 1. The molecule has 0 saturated carbocycles. The third-order valence-corrected chi connectivity index (χ3v) is 3.59. The van der Waals surface area contributed by atoms with Crippen LogP contribution in [0.5, 0.6) is 0 Å². The van der Waals surface area contributed by atoms with Crippen molar-refractivity contribution in [1.82, 2.24) is 9.97 Å². The van der Waals surface area contributed by atoms with Crippen LogP contribution in [0, 0.1) is 10.1 Å². The number of aliphatic hydroxyl groups is 1. The lowest BCUT2D eigenvalue weighted by Crippen LogP contribution is -2.41. The zero-order chi connectivity index (χ0) is 15.9. The van der Waals surface area contributed by atoms with Crippen LogP contribution in [-0.2, 0) is 0 Å². The van der Waals surface area contributed by atoms with Gasteiger partial charge in [0.1, 0.15) is 6.33 Å². The van der Waals surface area contributed by atoms with Crippen LogP contribution in [-0.4, -0.2) is 38.7 Å². The molecular formula is C13H23N5O3. The van der Waals surface area contributed by atoms with Crippen molar-refractivity contribution in [3.63, 3.8) is 0 Å². The summed E-state index contributed by atoms with van der Waals surface area (Å²) in [4.78, 5) is 18.8. The maximum Gasteiger partial charge on any atom is 0.353 e. The van der Waals surface area contributed by atoms with Crippen LogP contribution in [0.1, 0.15) is 40.0 Å². The smallest absolute Gasteiger partial charge is 0.353 e. The number of aromatic nitrogens is 2. The van der Waals surface area contributed by atoms with Crippen LogP contribution < -0.4 is 10.6 Å². The van der Waals surface area contributed by atoms with Gasteiger partial charge in [0.2, 0.25) is 11.6 Å². The Hall–Kier alpha value is -1.96. The number of nitro groups is 1. The average molecular weight is 297 g/mol. The van der Waals surface area contributed by atoms with Gasteiger partial charge in [-0.3, -0.25) is 10.1 Å². The molecule has 21 heavy (non-hydrogen) atoms. The van der Waals surface area contributed by atoms with Crippen LogP contribution in [0.3, 0.4) is 0 Å². The largest absolute Gasteiger partial charge is 0.394 e.